The average molecular weight is 415 g/mol. The van der Waals surface area contributed by atoms with Gasteiger partial charge in [-0.25, -0.2) is 0 Å². The topological polar surface area (TPSA) is 71.3 Å². The summed E-state index contributed by atoms with van der Waals surface area (Å²) >= 11 is 7.41. The van der Waals surface area contributed by atoms with E-state index in [4.69, 9.17) is 16.0 Å². The van der Waals surface area contributed by atoms with Crippen LogP contribution in [0.25, 0.3) is 0 Å². The normalized spacial score (nSPS) is 11.6. The molecule has 5 nitrogen and oxygen atoms in total. The van der Waals surface area contributed by atoms with Crippen LogP contribution in [0.4, 0.5) is 11.4 Å². The lowest BCUT2D eigenvalue weighted by molar-refractivity contribution is -0.115. The molecule has 0 saturated heterocycles. The fraction of sp³-hybridized carbons (Fsp3) is 0.143. The lowest BCUT2D eigenvalue weighted by Gasteiger charge is -2.15. The highest BCUT2D eigenvalue weighted by molar-refractivity contribution is 8.00. The second-order valence-electron chi connectivity index (χ2n) is 5.97. The van der Waals surface area contributed by atoms with E-state index in [0.717, 1.165) is 4.90 Å². The molecular weight excluding hydrogens is 396 g/mol. The molecule has 2 N–H and O–H groups in total. The number of carbonyl (C=O) groups is 2. The zero-order valence-corrected chi connectivity index (χ0v) is 16.7. The maximum Gasteiger partial charge on any atom is 0.291 e. The Morgan fingerprint density at radius 1 is 1.04 bits per heavy atom. The Labute approximate surface area is 172 Å². The molecule has 0 aliphatic heterocycles. The van der Waals surface area contributed by atoms with Gasteiger partial charge in [-0.15, -0.1) is 11.8 Å². The van der Waals surface area contributed by atoms with Crippen molar-refractivity contribution in [3.8, 4) is 0 Å². The molecule has 0 radical (unpaired) electrons. The van der Waals surface area contributed by atoms with Crippen molar-refractivity contribution in [1.82, 2.24) is 0 Å². The van der Waals surface area contributed by atoms with Crippen LogP contribution < -0.4 is 10.6 Å². The molecule has 7 heteroatoms. The van der Waals surface area contributed by atoms with E-state index in [2.05, 4.69) is 10.6 Å². The van der Waals surface area contributed by atoms with Gasteiger partial charge in [0.05, 0.1) is 11.5 Å². The zero-order valence-electron chi connectivity index (χ0n) is 15.1. The summed E-state index contributed by atoms with van der Waals surface area (Å²) in [6.07, 6.45) is 2.10. The summed E-state index contributed by atoms with van der Waals surface area (Å²) in [5, 5.41) is 5.97. The van der Waals surface area contributed by atoms with E-state index in [1.807, 2.05) is 25.1 Å². The lowest BCUT2D eigenvalue weighted by Crippen LogP contribution is -2.24. The van der Waals surface area contributed by atoms with Gasteiger partial charge in [0.15, 0.2) is 5.76 Å². The largest absolute Gasteiger partial charge is 0.459 e. The van der Waals surface area contributed by atoms with E-state index in [9.17, 15) is 9.59 Å². The fourth-order valence-corrected chi connectivity index (χ4v) is 3.73. The van der Waals surface area contributed by atoms with Crippen LogP contribution in [0, 0.1) is 0 Å². The Kier molecular flexibility index (Phi) is 6.79. The van der Waals surface area contributed by atoms with Gasteiger partial charge in [0, 0.05) is 21.3 Å². The second kappa shape index (κ2) is 9.48. The molecule has 0 saturated carbocycles. The molecule has 1 heterocycles. The third-order valence-electron chi connectivity index (χ3n) is 3.87. The van der Waals surface area contributed by atoms with Crippen LogP contribution in [0.3, 0.4) is 0 Å². The van der Waals surface area contributed by atoms with Crippen molar-refractivity contribution in [2.75, 3.05) is 10.6 Å². The highest BCUT2D eigenvalue weighted by atomic mass is 35.5. The number of hydrogen-bond acceptors (Lipinski definition) is 4. The van der Waals surface area contributed by atoms with E-state index < -0.39 is 0 Å². The fourth-order valence-electron chi connectivity index (χ4n) is 2.52. The molecule has 0 spiro atoms. The number of amides is 2. The third kappa shape index (κ3) is 5.41. The van der Waals surface area contributed by atoms with Gasteiger partial charge in [-0.1, -0.05) is 30.7 Å². The first-order valence-electron chi connectivity index (χ1n) is 8.73. The molecule has 144 valence electrons. The summed E-state index contributed by atoms with van der Waals surface area (Å²) < 4.78 is 5.10. The molecule has 3 rings (SSSR count). The quantitative estimate of drug-likeness (QED) is 0.487. The van der Waals surface area contributed by atoms with Crippen LogP contribution in [-0.2, 0) is 4.79 Å². The van der Waals surface area contributed by atoms with Crippen LogP contribution in [-0.4, -0.2) is 17.1 Å². The van der Waals surface area contributed by atoms with Crippen LogP contribution in [0.15, 0.2) is 76.2 Å². The molecule has 2 amide bonds. The summed E-state index contributed by atoms with van der Waals surface area (Å²) in [5.74, 6) is -0.178. The van der Waals surface area contributed by atoms with Gasteiger partial charge in [-0.3, -0.25) is 9.59 Å². The molecule has 28 heavy (non-hydrogen) atoms. The Balaban J connectivity index is 1.65. The first-order chi connectivity index (χ1) is 13.5. The standard InChI is InChI=1S/C21H19ClN2O3S/c1-2-19(21(26)24-15-7-3-6-14(22)12-15)28-17-9-4-8-16(13-17)23-20(25)18-10-5-11-27-18/h3-13,19H,2H2,1H3,(H,23,25)(H,24,26). The number of rotatable bonds is 7. The molecule has 1 aromatic heterocycles. The second-order valence-corrected chi connectivity index (χ2v) is 7.69. The van der Waals surface area contributed by atoms with Crippen molar-refractivity contribution in [3.05, 3.63) is 77.7 Å². The molecule has 0 aliphatic rings. The molecule has 0 bridgehead atoms. The number of halogens is 1. The number of hydrogen-bond donors (Lipinski definition) is 2. The average Bonchev–Trinajstić information content (AvgIpc) is 3.21. The number of carbonyl (C=O) groups excluding carboxylic acids is 2. The third-order valence-corrected chi connectivity index (χ3v) is 5.46. The van der Waals surface area contributed by atoms with Crippen LogP contribution >= 0.6 is 23.4 Å². The summed E-state index contributed by atoms with van der Waals surface area (Å²) in [4.78, 5) is 25.6. The monoisotopic (exact) mass is 414 g/mol. The number of benzene rings is 2. The van der Waals surface area contributed by atoms with Crippen molar-refractivity contribution in [2.24, 2.45) is 0 Å². The number of furan rings is 1. The number of anilines is 2. The molecule has 1 atom stereocenters. The van der Waals surface area contributed by atoms with E-state index in [0.29, 0.717) is 22.8 Å². The van der Waals surface area contributed by atoms with Gasteiger partial charge in [-0.05, 0) is 55.0 Å². The maximum absolute atomic E-state index is 12.6. The van der Waals surface area contributed by atoms with E-state index in [1.54, 1.807) is 42.5 Å². The summed E-state index contributed by atoms with van der Waals surface area (Å²) in [6, 6.07) is 17.7. The Bertz CT molecular complexity index is 960. The first kappa shape index (κ1) is 20.0. The maximum atomic E-state index is 12.6. The predicted molar refractivity (Wildman–Crippen MR) is 113 cm³/mol. The highest BCUT2D eigenvalue weighted by Gasteiger charge is 2.18. The van der Waals surface area contributed by atoms with E-state index in [1.165, 1.54) is 18.0 Å². The zero-order chi connectivity index (χ0) is 19.9. The van der Waals surface area contributed by atoms with Crippen LogP contribution in [0.2, 0.25) is 5.02 Å². The highest BCUT2D eigenvalue weighted by Crippen LogP contribution is 2.29. The molecular formula is C21H19ClN2O3S. The SMILES string of the molecule is CCC(Sc1cccc(NC(=O)c2ccco2)c1)C(=O)Nc1cccc(Cl)c1. The smallest absolute Gasteiger partial charge is 0.291 e. The number of thioether (sulfide) groups is 1. The summed E-state index contributed by atoms with van der Waals surface area (Å²) in [6.45, 7) is 1.96. The van der Waals surface area contributed by atoms with Gasteiger partial charge in [0.25, 0.3) is 5.91 Å². The Morgan fingerprint density at radius 3 is 2.46 bits per heavy atom. The van der Waals surface area contributed by atoms with E-state index >= 15 is 0 Å². The van der Waals surface area contributed by atoms with Gasteiger partial charge in [0.1, 0.15) is 0 Å². The minimum atomic E-state index is -0.321. The van der Waals surface area contributed by atoms with Gasteiger partial charge in [0.2, 0.25) is 5.91 Å². The minimum Gasteiger partial charge on any atom is -0.459 e. The summed E-state index contributed by atoms with van der Waals surface area (Å²) in [7, 11) is 0. The van der Waals surface area contributed by atoms with Crippen molar-refractivity contribution >= 4 is 46.6 Å². The Morgan fingerprint density at radius 2 is 1.79 bits per heavy atom. The predicted octanol–water partition coefficient (Wildman–Crippen LogP) is 5.69. The van der Waals surface area contributed by atoms with Crippen molar-refractivity contribution < 1.29 is 14.0 Å². The molecule has 1 unspecified atom stereocenters. The van der Waals surface area contributed by atoms with Crippen molar-refractivity contribution in [2.45, 2.75) is 23.5 Å². The minimum absolute atomic E-state index is 0.0974. The number of nitrogens with one attached hydrogen (secondary N) is 2. The first-order valence-corrected chi connectivity index (χ1v) is 9.99. The molecule has 0 aliphatic carbocycles. The molecule has 3 aromatic rings. The van der Waals surface area contributed by atoms with Crippen molar-refractivity contribution in [1.29, 1.82) is 0 Å². The van der Waals surface area contributed by atoms with Gasteiger partial charge >= 0.3 is 0 Å². The molecule has 0 fully saturated rings. The summed E-state index contributed by atoms with van der Waals surface area (Å²) in [5.41, 5.74) is 1.30. The Hall–Kier alpha value is -2.70. The molecule has 2 aromatic carbocycles. The van der Waals surface area contributed by atoms with Gasteiger partial charge < -0.3 is 15.1 Å². The van der Waals surface area contributed by atoms with E-state index in [-0.39, 0.29) is 22.8 Å². The van der Waals surface area contributed by atoms with Crippen LogP contribution in [0.5, 0.6) is 0 Å². The van der Waals surface area contributed by atoms with Crippen molar-refractivity contribution in [3.63, 3.8) is 0 Å². The lowest BCUT2D eigenvalue weighted by atomic mass is 10.2. The van der Waals surface area contributed by atoms with Gasteiger partial charge in [-0.2, -0.15) is 0 Å². The van der Waals surface area contributed by atoms with Crippen LogP contribution in [0.1, 0.15) is 23.9 Å².